The number of carbonyl (C=O) groups is 1. The smallest absolute Gasteiger partial charge is 0.254 e. The topological polar surface area (TPSA) is 54.9 Å². The van der Waals surface area contributed by atoms with Gasteiger partial charge in [-0.2, -0.15) is 0 Å². The van der Waals surface area contributed by atoms with Crippen molar-refractivity contribution in [2.75, 3.05) is 0 Å². The number of aromatic nitrogens is 2. The minimum atomic E-state index is -0.0394. The second kappa shape index (κ2) is 7.56. The second-order valence-corrected chi connectivity index (χ2v) is 6.91. The highest BCUT2D eigenvalue weighted by Crippen LogP contribution is 2.32. The molecule has 1 aromatic carbocycles. The number of carbonyl (C=O) groups excluding carboxylic acids is 1. The maximum absolute atomic E-state index is 12.6. The zero-order chi connectivity index (χ0) is 16.9. The van der Waals surface area contributed by atoms with Crippen LogP contribution in [0.4, 0.5) is 0 Å². The minimum Gasteiger partial charge on any atom is -0.349 e. The van der Waals surface area contributed by atoms with Crippen molar-refractivity contribution < 1.29 is 4.79 Å². The van der Waals surface area contributed by atoms with E-state index in [-0.39, 0.29) is 17.9 Å². The van der Waals surface area contributed by atoms with Crippen LogP contribution in [0.15, 0.2) is 42.9 Å². The Morgan fingerprint density at radius 2 is 1.83 bits per heavy atom. The first-order chi connectivity index (χ1) is 11.6. The molecule has 0 unspecified atom stereocenters. The van der Waals surface area contributed by atoms with Crippen molar-refractivity contribution in [2.45, 2.75) is 57.4 Å². The van der Waals surface area contributed by atoms with Gasteiger partial charge < -0.3 is 5.32 Å². The lowest BCUT2D eigenvalue weighted by molar-refractivity contribution is 0.0923. The molecule has 0 atom stereocenters. The van der Waals surface area contributed by atoms with Gasteiger partial charge in [0, 0.05) is 12.2 Å². The lowest BCUT2D eigenvalue weighted by Crippen LogP contribution is -2.38. The van der Waals surface area contributed by atoms with Gasteiger partial charge in [-0.05, 0) is 43.1 Å². The summed E-state index contributed by atoms with van der Waals surface area (Å²) in [6, 6.07) is 10.9. The summed E-state index contributed by atoms with van der Waals surface area (Å²) in [5.74, 6) is 0.788. The van der Waals surface area contributed by atoms with Crippen LogP contribution in [0.5, 0.6) is 0 Å². The Kier molecular flexibility index (Phi) is 5.24. The van der Waals surface area contributed by atoms with Gasteiger partial charge in [-0.25, -0.2) is 9.97 Å². The van der Waals surface area contributed by atoms with E-state index in [4.69, 9.17) is 0 Å². The number of nitrogens with one attached hydrogen (secondary N) is 1. The molecular formula is C20H25N3O. The van der Waals surface area contributed by atoms with Crippen LogP contribution in [0.3, 0.4) is 0 Å². The van der Waals surface area contributed by atoms with Gasteiger partial charge in [0.25, 0.3) is 5.91 Å². The van der Waals surface area contributed by atoms with Crippen LogP contribution in [0, 0.1) is 0 Å². The quantitative estimate of drug-likeness (QED) is 0.923. The largest absolute Gasteiger partial charge is 0.349 e. The number of hydrogen-bond acceptors (Lipinski definition) is 3. The first-order valence-corrected chi connectivity index (χ1v) is 8.81. The Hall–Kier alpha value is -2.23. The van der Waals surface area contributed by atoms with Crippen LogP contribution in [-0.4, -0.2) is 21.9 Å². The third kappa shape index (κ3) is 3.81. The van der Waals surface area contributed by atoms with Crippen LogP contribution >= 0.6 is 0 Å². The second-order valence-electron chi connectivity index (χ2n) is 6.91. The van der Waals surface area contributed by atoms with Crippen molar-refractivity contribution in [1.82, 2.24) is 15.3 Å². The molecule has 1 saturated carbocycles. The molecule has 2 aromatic rings. The fourth-order valence-electron chi connectivity index (χ4n) is 3.53. The molecule has 1 aromatic heterocycles. The first-order valence-electron chi connectivity index (χ1n) is 8.81. The molecule has 0 aliphatic heterocycles. The summed E-state index contributed by atoms with van der Waals surface area (Å²) in [7, 11) is 0. The van der Waals surface area contributed by atoms with E-state index in [0.29, 0.717) is 11.5 Å². The van der Waals surface area contributed by atoms with E-state index in [1.807, 2.05) is 13.8 Å². The normalized spacial score (nSPS) is 20.8. The molecule has 4 heteroatoms. The zero-order valence-electron chi connectivity index (χ0n) is 14.4. The van der Waals surface area contributed by atoms with Gasteiger partial charge in [0.1, 0.15) is 6.33 Å². The Bertz CT molecular complexity index is 676. The summed E-state index contributed by atoms with van der Waals surface area (Å²) in [5.41, 5.74) is 2.85. The average molecular weight is 323 g/mol. The summed E-state index contributed by atoms with van der Waals surface area (Å²) in [6.45, 7) is 4.09. The maximum Gasteiger partial charge on any atom is 0.254 e. The van der Waals surface area contributed by atoms with Crippen LogP contribution in [-0.2, 0) is 0 Å². The van der Waals surface area contributed by atoms with Gasteiger partial charge >= 0.3 is 0 Å². The summed E-state index contributed by atoms with van der Waals surface area (Å²) >= 11 is 0. The van der Waals surface area contributed by atoms with E-state index in [9.17, 15) is 4.79 Å². The molecule has 4 nitrogen and oxygen atoms in total. The number of benzene rings is 1. The van der Waals surface area contributed by atoms with Crippen LogP contribution in [0.25, 0.3) is 0 Å². The van der Waals surface area contributed by atoms with Crippen molar-refractivity contribution in [3.05, 3.63) is 59.7 Å². The van der Waals surface area contributed by atoms with Gasteiger partial charge in [0.15, 0.2) is 0 Å². The molecule has 0 saturated heterocycles. The van der Waals surface area contributed by atoms with Crippen molar-refractivity contribution in [1.29, 1.82) is 0 Å². The van der Waals surface area contributed by atoms with Crippen molar-refractivity contribution in [3.63, 3.8) is 0 Å². The van der Waals surface area contributed by atoms with E-state index in [2.05, 4.69) is 45.6 Å². The van der Waals surface area contributed by atoms with E-state index in [1.165, 1.54) is 11.9 Å². The van der Waals surface area contributed by atoms with Gasteiger partial charge in [0.2, 0.25) is 0 Å². The molecule has 1 aliphatic rings. The Morgan fingerprint density at radius 1 is 1.12 bits per heavy atom. The molecule has 0 radical (unpaired) electrons. The van der Waals surface area contributed by atoms with Gasteiger partial charge in [-0.3, -0.25) is 4.79 Å². The number of rotatable bonds is 4. The molecule has 1 heterocycles. The molecule has 1 fully saturated rings. The summed E-state index contributed by atoms with van der Waals surface area (Å²) in [4.78, 5) is 20.9. The van der Waals surface area contributed by atoms with Crippen molar-refractivity contribution >= 4 is 5.91 Å². The summed E-state index contributed by atoms with van der Waals surface area (Å²) in [6.07, 6.45) is 7.44. The predicted octanol–water partition coefficient (Wildman–Crippen LogP) is 4.06. The Labute approximate surface area is 143 Å². The fraction of sp³-hybridized carbons (Fsp3) is 0.450. The van der Waals surface area contributed by atoms with E-state index in [0.717, 1.165) is 31.4 Å². The van der Waals surface area contributed by atoms with E-state index >= 15 is 0 Å². The third-order valence-corrected chi connectivity index (χ3v) is 4.87. The molecule has 0 bridgehead atoms. The molecular weight excluding hydrogens is 298 g/mol. The highest BCUT2D eigenvalue weighted by molar-refractivity contribution is 5.95. The summed E-state index contributed by atoms with van der Waals surface area (Å²) in [5, 5.41) is 3.18. The van der Waals surface area contributed by atoms with Gasteiger partial charge in [-0.15, -0.1) is 0 Å². The first kappa shape index (κ1) is 16.6. The average Bonchev–Trinajstić information content (AvgIpc) is 2.63. The molecule has 0 spiro atoms. The molecule has 3 rings (SSSR count). The van der Waals surface area contributed by atoms with Gasteiger partial charge in [-0.1, -0.05) is 44.2 Å². The third-order valence-electron chi connectivity index (χ3n) is 4.87. The molecule has 1 N–H and O–H groups in total. The molecule has 1 aliphatic carbocycles. The van der Waals surface area contributed by atoms with E-state index in [1.54, 1.807) is 6.20 Å². The lowest BCUT2D eigenvalue weighted by atomic mass is 9.81. The van der Waals surface area contributed by atoms with Gasteiger partial charge in [0.05, 0.1) is 11.3 Å². The standard InChI is InChI=1S/C20H25N3O/c1-14(2)19-18(12-21-13-22-19)20(24)23-17-10-8-16(9-11-17)15-6-4-3-5-7-15/h3-7,12-14,16-17H,8-11H2,1-2H3,(H,23,24). The highest BCUT2D eigenvalue weighted by Gasteiger charge is 2.25. The van der Waals surface area contributed by atoms with E-state index < -0.39 is 0 Å². The van der Waals surface area contributed by atoms with Crippen LogP contribution in [0.2, 0.25) is 0 Å². The Morgan fingerprint density at radius 3 is 2.50 bits per heavy atom. The predicted molar refractivity (Wildman–Crippen MR) is 95.0 cm³/mol. The highest BCUT2D eigenvalue weighted by atomic mass is 16.1. The number of hydrogen-bond donors (Lipinski definition) is 1. The monoisotopic (exact) mass is 323 g/mol. The molecule has 24 heavy (non-hydrogen) atoms. The minimum absolute atomic E-state index is 0.0394. The van der Waals surface area contributed by atoms with Crippen molar-refractivity contribution in [2.24, 2.45) is 0 Å². The lowest BCUT2D eigenvalue weighted by Gasteiger charge is -2.29. The Balaban J connectivity index is 1.59. The van der Waals surface area contributed by atoms with Crippen LogP contribution in [0.1, 0.15) is 73.0 Å². The van der Waals surface area contributed by atoms with Crippen molar-refractivity contribution in [3.8, 4) is 0 Å². The SMILES string of the molecule is CC(C)c1ncncc1C(=O)NC1CCC(c2ccccc2)CC1. The fourth-order valence-corrected chi connectivity index (χ4v) is 3.53. The number of nitrogens with zero attached hydrogens (tertiary/aromatic N) is 2. The van der Waals surface area contributed by atoms with Crippen LogP contribution < -0.4 is 5.32 Å². The summed E-state index contributed by atoms with van der Waals surface area (Å²) < 4.78 is 0. The molecule has 1 amide bonds. The maximum atomic E-state index is 12.6. The zero-order valence-corrected chi connectivity index (χ0v) is 14.4. The number of amides is 1. The molecule has 126 valence electrons.